The second-order valence-electron chi connectivity index (χ2n) is 5.94. The Balaban J connectivity index is 1.60. The maximum absolute atomic E-state index is 12.2. The van der Waals surface area contributed by atoms with Gasteiger partial charge in [-0.15, -0.1) is 0 Å². The van der Waals surface area contributed by atoms with E-state index in [1.807, 2.05) is 24.0 Å². The third-order valence-corrected chi connectivity index (χ3v) is 4.63. The van der Waals surface area contributed by atoms with Gasteiger partial charge in [0, 0.05) is 44.9 Å². The first-order valence-corrected chi connectivity index (χ1v) is 7.14. The number of nitrogens with zero attached hydrogens (tertiary/aromatic N) is 3. The summed E-state index contributed by atoms with van der Waals surface area (Å²) in [7, 11) is 1.95. The van der Waals surface area contributed by atoms with Gasteiger partial charge in [-0.2, -0.15) is 5.10 Å². The van der Waals surface area contributed by atoms with Gasteiger partial charge >= 0.3 is 0 Å². The number of amides is 1. The fraction of sp³-hybridized carbons (Fsp3) is 0.714. The van der Waals surface area contributed by atoms with E-state index in [0.717, 1.165) is 51.9 Å². The minimum absolute atomic E-state index is 0.259. The summed E-state index contributed by atoms with van der Waals surface area (Å²) in [4.78, 5) is 14.2. The summed E-state index contributed by atoms with van der Waals surface area (Å²) in [5, 5.41) is 7.56. The zero-order valence-corrected chi connectivity index (χ0v) is 11.6. The first kappa shape index (κ1) is 12.7. The molecule has 3 heterocycles. The van der Waals surface area contributed by atoms with Crippen LogP contribution in [0.4, 0.5) is 0 Å². The van der Waals surface area contributed by atoms with E-state index in [1.165, 1.54) is 5.69 Å². The zero-order chi connectivity index (χ0) is 13.3. The van der Waals surface area contributed by atoms with Gasteiger partial charge in [0.2, 0.25) is 5.91 Å². The molecular formula is C14H22N4O. The van der Waals surface area contributed by atoms with Crippen molar-refractivity contribution in [3.8, 4) is 0 Å². The number of aromatic nitrogens is 2. The first-order valence-electron chi connectivity index (χ1n) is 7.14. The van der Waals surface area contributed by atoms with Gasteiger partial charge in [-0.05, 0) is 37.4 Å². The Kier molecular flexibility index (Phi) is 3.31. The topological polar surface area (TPSA) is 50.2 Å². The van der Waals surface area contributed by atoms with Crippen LogP contribution in [-0.4, -0.2) is 46.8 Å². The Morgan fingerprint density at radius 1 is 1.42 bits per heavy atom. The molecule has 5 nitrogen and oxygen atoms in total. The quantitative estimate of drug-likeness (QED) is 0.866. The summed E-state index contributed by atoms with van der Waals surface area (Å²) in [5.74, 6) is 0.337. The van der Waals surface area contributed by atoms with Crippen molar-refractivity contribution < 1.29 is 4.79 Å². The summed E-state index contributed by atoms with van der Waals surface area (Å²) in [6, 6.07) is 2.03. The molecule has 1 aromatic heterocycles. The van der Waals surface area contributed by atoms with E-state index in [4.69, 9.17) is 0 Å². The predicted molar refractivity (Wildman–Crippen MR) is 72.6 cm³/mol. The largest absolute Gasteiger partial charge is 0.342 e. The van der Waals surface area contributed by atoms with Gasteiger partial charge in [0.15, 0.2) is 0 Å². The summed E-state index contributed by atoms with van der Waals surface area (Å²) in [6.45, 7) is 3.89. The minimum Gasteiger partial charge on any atom is -0.342 e. The highest BCUT2D eigenvalue weighted by Crippen LogP contribution is 2.39. The van der Waals surface area contributed by atoms with Crippen LogP contribution in [0, 0.1) is 5.41 Å². The number of carbonyl (C=O) groups is 1. The molecule has 104 valence electrons. The molecule has 0 atom stereocenters. The highest BCUT2D eigenvalue weighted by atomic mass is 16.2. The number of hydrogen-bond acceptors (Lipinski definition) is 3. The molecule has 2 saturated heterocycles. The van der Waals surface area contributed by atoms with Crippen LogP contribution >= 0.6 is 0 Å². The van der Waals surface area contributed by atoms with Crippen LogP contribution in [0.5, 0.6) is 0 Å². The van der Waals surface area contributed by atoms with Crippen LogP contribution in [-0.2, 0) is 18.3 Å². The number of piperidine rings is 1. The van der Waals surface area contributed by atoms with Gasteiger partial charge < -0.3 is 10.2 Å². The minimum atomic E-state index is 0.259. The van der Waals surface area contributed by atoms with E-state index in [0.29, 0.717) is 5.91 Å². The van der Waals surface area contributed by atoms with Crippen molar-refractivity contribution in [3.05, 3.63) is 18.0 Å². The lowest BCUT2D eigenvalue weighted by atomic mass is 9.78. The van der Waals surface area contributed by atoms with E-state index in [-0.39, 0.29) is 5.41 Å². The molecule has 1 N–H and O–H groups in total. The Morgan fingerprint density at radius 3 is 2.89 bits per heavy atom. The van der Waals surface area contributed by atoms with Crippen molar-refractivity contribution in [2.75, 3.05) is 26.2 Å². The molecule has 2 aliphatic heterocycles. The van der Waals surface area contributed by atoms with Crippen molar-refractivity contribution in [2.45, 2.75) is 25.7 Å². The molecular weight excluding hydrogens is 240 g/mol. The lowest BCUT2D eigenvalue weighted by Crippen LogP contribution is -2.39. The van der Waals surface area contributed by atoms with Gasteiger partial charge in [-0.1, -0.05) is 0 Å². The molecule has 1 aromatic rings. The molecule has 3 rings (SSSR count). The molecule has 5 heteroatoms. The highest BCUT2D eigenvalue weighted by Gasteiger charge is 2.43. The molecule has 2 aliphatic rings. The molecule has 2 fully saturated rings. The molecule has 0 aliphatic carbocycles. The van der Waals surface area contributed by atoms with Gasteiger partial charge in [0.05, 0.1) is 0 Å². The zero-order valence-electron chi connectivity index (χ0n) is 11.6. The number of aryl methyl sites for hydroxylation is 1. The third-order valence-electron chi connectivity index (χ3n) is 4.63. The van der Waals surface area contributed by atoms with Crippen molar-refractivity contribution in [2.24, 2.45) is 12.5 Å². The van der Waals surface area contributed by atoms with Crippen molar-refractivity contribution in [3.63, 3.8) is 0 Å². The average Bonchev–Trinajstić information content (AvgIpc) is 2.93. The van der Waals surface area contributed by atoms with Gasteiger partial charge in [-0.25, -0.2) is 0 Å². The second-order valence-corrected chi connectivity index (χ2v) is 5.94. The van der Waals surface area contributed by atoms with Crippen LogP contribution in [0.15, 0.2) is 12.3 Å². The van der Waals surface area contributed by atoms with Crippen molar-refractivity contribution >= 4 is 5.91 Å². The fourth-order valence-corrected chi connectivity index (χ4v) is 3.37. The molecule has 1 amide bonds. The summed E-state index contributed by atoms with van der Waals surface area (Å²) in [5.41, 5.74) is 1.45. The molecule has 0 saturated carbocycles. The van der Waals surface area contributed by atoms with Crippen LogP contribution < -0.4 is 5.32 Å². The van der Waals surface area contributed by atoms with E-state index >= 15 is 0 Å². The number of nitrogens with one attached hydrogen (secondary N) is 1. The predicted octanol–water partition coefficient (Wildman–Crippen LogP) is 0.565. The maximum atomic E-state index is 12.2. The van der Waals surface area contributed by atoms with E-state index in [1.54, 1.807) is 0 Å². The van der Waals surface area contributed by atoms with Crippen molar-refractivity contribution in [1.29, 1.82) is 0 Å². The van der Waals surface area contributed by atoms with Crippen LogP contribution in [0.1, 0.15) is 25.0 Å². The average molecular weight is 262 g/mol. The Morgan fingerprint density at radius 2 is 2.21 bits per heavy atom. The monoisotopic (exact) mass is 262 g/mol. The van der Waals surface area contributed by atoms with Crippen molar-refractivity contribution in [1.82, 2.24) is 20.0 Å². The fourth-order valence-electron chi connectivity index (χ4n) is 3.37. The summed E-state index contributed by atoms with van der Waals surface area (Å²) in [6.07, 6.45) is 5.74. The second kappa shape index (κ2) is 4.96. The highest BCUT2D eigenvalue weighted by molar-refractivity contribution is 5.79. The first-order chi connectivity index (χ1) is 9.19. The Bertz CT molecular complexity index is 462. The number of carbonyl (C=O) groups excluding carboxylic acids is 1. The van der Waals surface area contributed by atoms with Crippen LogP contribution in [0.2, 0.25) is 0 Å². The summed E-state index contributed by atoms with van der Waals surface area (Å²) < 4.78 is 1.89. The van der Waals surface area contributed by atoms with Gasteiger partial charge in [0.1, 0.15) is 0 Å². The lowest BCUT2D eigenvalue weighted by molar-refractivity contribution is -0.127. The molecule has 19 heavy (non-hydrogen) atoms. The van der Waals surface area contributed by atoms with Gasteiger partial charge in [-0.3, -0.25) is 9.48 Å². The van der Waals surface area contributed by atoms with E-state index in [2.05, 4.69) is 15.3 Å². The van der Waals surface area contributed by atoms with Crippen LogP contribution in [0.3, 0.4) is 0 Å². The molecule has 0 bridgehead atoms. The third kappa shape index (κ3) is 2.52. The van der Waals surface area contributed by atoms with Gasteiger partial charge in [0.25, 0.3) is 0 Å². The van der Waals surface area contributed by atoms with E-state index in [9.17, 15) is 4.79 Å². The van der Waals surface area contributed by atoms with E-state index < -0.39 is 0 Å². The Hall–Kier alpha value is -1.36. The standard InChI is InChI=1S/C14H22N4O/c1-17-12(2-6-16-17)3-9-18-11-14(10-13(18)19)4-7-15-8-5-14/h2,6,15H,3-5,7-11H2,1H3. The lowest BCUT2D eigenvalue weighted by Gasteiger charge is -2.33. The summed E-state index contributed by atoms with van der Waals surface area (Å²) >= 11 is 0. The van der Waals surface area contributed by atoms with Crippen LogP contribution in [0.25, 0.3) is 0 Å². The number of hydrogen-bond donors (Lipinski definition) is 1. The maximum Gasteiger partial charge on any atom is 0.223 e. The normalized spacial score (nSPS) is 22.4. The Labute approximate surface area is 114 Å². The number of rotatable bonds is 3. The smallest absolute Gasteiger partial charge is 0.223 e. The molecule has 0 aromatic carbocycles. The number of likely N-dealkylation sites (tertiary alicyclic amines) is 1. The SMILES string of the molecule is Cn1nccc1CCN1CC2(CCNCC2)CC1=O. The molecule has 1 spiro atoms. The molecule has 0 unspecified atom stereocenters. The molecule has 0 radical (unpaired) electrons.